The molecule has 35 heavy (non-hydrogen) atoms. The summed E-state index contributed by atoms with van der Waals surface area (Å²) in [5.41, 5.74) is 19.5. The van der Waals surface area contributed by atoms with Crippen molar-refractivity contribution in [3.05, 3.63) is 97.3 Å². The summed E-state index contributed by atoms with van der Waals surface area (Å²) in [6.45, 7) is 19.1. The Bertz CT molecular complexity index is 933. The van der Waals surface area contributed by atoms with Crippen molar-refractivity contribution in [2.45, 2.75) is 45.2 Å². The van der Waals surface area contributed by atoms with Crippen molar-refractivity contribution in [2.24, 2.45) is 22.2 Å². The number of hydrogen-bond acceptors (Lipinski definition) is 4. The summed E-state index contributed by atoms with van der Waals surface area (Å²) < 4.78 is 0. The molecule has 0 heterocycles. The first-order valence-electron chi connectivity index (χ1n) is 11.3. The normalized spacial score (nSPS) is 14.0. The van der Waals surface area contributed by atoms with Crippen LogP contribution in [0.25, 0.3) is 0 Å². The molecule has 0 fully saturated rings. The van der Waals surface area contributed by atoms with Crippen LogP contribution in [0.5, 0.6) is 0 Å². The van der Waals surface area contributed by atoms with Gasteiger partial charge in [-0.15, -0.1) is 0 Å². The monoisotopic (exact) mass is 480 g/mol. The third-order valence-corrected chi connectivity index (χ3v) is 4.86. The number of amides is 2. The van der Waals surface area contributed by atoms with Gasteiger partial charge in [-0.2, -0.15) is 0 Å². The van der Waals surface area contributed by atoms with Gasteiger partial charge in [0.05, 0.1) is 6.04 Å². The Hall–Kier alpha value is -3.91. The summed E-state index contributed by atoms with van der Waals surface area (Å²) in [6, 6.07) is -1.71. The summed E-state index contributed by atoms with van der Waals surface area (Å²) >= 11 is 0. The first-order chi connectivity index (χ1) is 16.6. The Balaban J connectivity index is 5.63. The lowest BCUT2D eigenvalue weighted by Crippen LogP contribution is -2.51. The fourth-order valence-electron chi connectivity index (χ4n) is 2.83. The van der Waals surface area contributed by atoms with Crippen LogP contribution in [0.4, 0.5) is 0 Å². The minimum atomic E-state index is -0.859. The number of rotatable bonds is 16. The Labute approximate surface area is 209 Å². The molecule has 0 radical (unpaired) electrons. The van der Waals surface area contributed by atoms with Crippen LogP contribution < -0.4 is 27.8 Å². The molecule has 2 atom stereocenters. The maximum Gasteiger partial charge on any atom is 0.246 e. The van der Waals surface area contributed by atoms with Gasteiger partial charge in [-0.05, 0) is 55.9 Å². The van der Waals surface area contributed by atoms with E-state index < -0.39 is 23.9 Å². The van der Waals surface area contributed by atoms with Crippen molar-refractivity contribution in [3.8, 4) is 0 Å². The van der Waals surface area contributed by atoms with E-state index in [1.165, 1.54) is 0 Å². The number of aliphatic imine (C=N–C) groups is 1. The SMILES string of the molecule is C=CC(=C)/C(C=C)=C\C(=C/C)NC(=O)C(CCCN=C(N)N)NC(=O)C(N)C/C(C=C)=C/C=C\C. The highest BCUT2D eigenvalue weighted by atomic mass is 16.2. The number of nitrogens with two attached hydrogens (primary N) is 3. The number of allylic oxidation sites excluding steroid dienone is 10. The molecular formula is C27H40N6O2. The summed E-state index contributed by atoms with van der Waals surface area (Å²) in [6.07, 6.45) is 14.9. The summed E-state index contributed by atoms with van der Waals surface area (Å²) in [5.74, 6) is -0.895. The topological polar surface area (TPSA) is 149 Å². The van der Waals surface area contributed by atoms with Gasteiger partial charge in [0.1, 0.15) is 6.04 Å². The smallest absolute Gasteiger partial charge is 0.246 e. The predicted molar refractivity (Wildman–Crippen MR) is 147 cm³/mol. The molecule has 190 valence electrons. The number of nitrogens with one attached hydrogen (secondary N) is 2. The van der Waals surface area contributed by atoms with Crippen molar-refractivity contribution >= 4 is 17.8 Å². The van der Waals surface area contributed by atoms with Crippen LogP contribution in [-0.2, 0) is 9.59 Å². The molecule has 2 amide bonds. The minimum Gasteiger partial charge on any atom is -0.370 e. The molecule has 0 spiro atoms. The number of carbonyl (C=O) groups is 2. The lowest BCUT2D eigenvalue weighted by Gasteiger charge is -2.21. The summed E-state index contributed by atoms with van der Waals surface area (Å²) in [4.78, 5) is 29.8. The van der Waals surface area contributed by atoms with Gasteiger partial charge in [-0.25, -0.2) is 0 Å². The zero-order valence-electron chi connectivity index (χ0n) is 20.9. The van der Waals surface area contributed by atoms with E-state index in [0.29, 0.717) is 36.2 Å². The molecule has 0 aromatic heterocycles. The second-order valence-corrected chi connectivity index (χ2v) is 7.56. The standard InChI is InChI=1S/C27H40N6O2/c1-7-12-14-20(9-3)17-23(28)25(34)33-24(15-13-16-31-27(29)30)26(35)32-22(11-5)18-21(10-4)19(6)8-2/h7-12,14,18,23-24H,2-4,6,13,15-17,28H2,1,5H3,(H,32,35)(H,33,34)(H4,29,30,31)/b12-7-,20-14+,21-18-,22-11+. The first-order valence-corrected chi connectivity index (χ1v) is 11.3. The molecule has 0 bridgehead atoms. The highest BCUT2D eigenvalue weighted by Crippen LogP contribution is 2.13. The highest BCUT2D eigenvalue weighted by molar-refractivity contribution is 5.90. The van der Waals surface area contributed by atoms with Gasteiger partial charge in [0.2, 0.25) is 11.8 Å². The fraction of sp³-hybridized carbons (Fsp3) is 0.296. The van der Waals surface area contributed by atoms with Gasteiger partial charge in [0.15, 0.2) is 5.96 Å². The highest BCUT2D eigenvalue weighted by Gasteiger charge is 2.24. The molecular weight excluding hydrogens is 440 g/mol. The Morgan fingerprint density at radius 2 is 1.74 bits per heavy atom. The Kier molecular flexibility index (Phi) is 15.6. The van der Waals surface area contributed by atoms with E-state index in [1.807, 2.05) is 25.2 Å². The summed E-state index contributed by atoms with van der Waals surface area (Å²) in [7, 11) is 0. The van der Waals surface area contributed by atoms with Gasteiger partial charge >= 0.3 is 0 Å². The predicted octanol–water partition coefficient (Wildman–Crippen LogP) is 2.81. The van der Waals surface area contributed by atoms with E-state index in [-0.39, 0.29) is 12.4 Å². The molecule has 0 rings (SSSR count). The van der Waals surface area contributed by atoms with Gasteiger partial charge in [-0.1, -0.05) is 68.8 Å². The van der Waals surface area contributed by atoms with Crippen molar-refractivity contribution in [1.29, 1.82) is 0 Å². The van der Waals surface area contributed by atoms with Crippen molar-refractivity contribution in [3.63, 3.8) is 0 Å². The third-order valence-electron chi connectivity index (χ3n) is 4.86. The Morgan fingerprint density at radius 3 is 2.26 bits per heavy atom. The molecule has 0 aliphatic carbocycles. The largest absolute Gasteiger partial charge is 0.370 e. The molecule has 0 aromatic rings. The van der Waals surface area contributed by atoms with Crippen molar-refractivity contribution in [1.82, 2.24) is 10.6 Å². The van der Waals surface area contributed by atoms with E-state index in [2.05, 4.69) is 41.9 Å². The second-order valence-electron chi connectivity index (χ2n) is 7.56. The minimum absolute atomic E-state index is 0.0392. The van der Waals surface area contributed by atoms with Crippen molar-refractivity contribution in [2.75, 3.05) is 6.54 Å². The zero-order chi connectivity index (χ0) is 26.8. The molecule has 0 aromatic carbocycles. The van der Waals surface area contributed by atoms with Gasteiger partial charge < -0.3 is 27.8 Å². The molecule has 0 saturated heterocycles. The fourth-order valence-corrected chi connectivity index (χ4v) is 2.83. The molecule has 0 aliphatic heterocycles. The lowest BCUT2D eigenvalue weighted by molar-refractivity contribution is -0.129. The first kappa shape index (κ1) is 31.1. The number of carbonyl (C=O) groups excluding carboxylic acids is 2. The maximum atomic E-state index is 13.1. The van der Waals surface area contributed by atoms with Crippen LogP contribution in [0.2, 0.25) is 0 Å². The van der Waals surface area contributed by atoms with Crippen molar-refractivity contribution < 1.29 is 9.59 Å². The molecule has 8 heteroatoms. The molecule has 0 saturated carbocycles. The van der Waals surface area contributed by atoms with E-state index in [0.717, 1.165) is 5.57 Å². The molecule has 8 nitrogen and oxygen atoms in total. The third kappa shape index (κ3) is 12.8. The van der Waals surface area contributed by atoms with Gasteiger partial charge in [-0.3, -0.25) is 14.6 Å². The van der Waals surface area contributed by atoms with Gasteiger partial charge in [0.25, 0.3) is 0 Å². The van der Waals surface area contributed by atoms with E-state index >= 15 is 0 Å². The number of guanidine groups is 1. The van der Waals surface area contributed by atoms with E-state index in [4.69, 9.17) is 17.2 Å². The molecule has 0 aliphatic rings. The summed E-state index contributed by atoms with van der Waals surface area (Å²) in [5, 5.41) is 5.58. The van der Waals surface area contributed by atoms with Crippen LogP contribution in [0.1, 0.15) is 33.1 Å². The van der Waals surface area contributed by atoms with Crippen LogP contribution in [0.15, 0.2) is 102 Å². The maximum absolute atomic E-state index is 13.1. The van der Waals surface area contributed by atoms with Gasteiger partial charge in [0, 0.05) is 12.2 Å². The van der Waals surface area contributed by atoms with E-state index in [9.17, 15) is 9.59 Å². The average Bonchev–Trinajstić information content (AvgIpc) is 2.84. The quantitative estimate of drug-likeness (QED) is 0.0997. The Morgan fingerprint density at radius 1 is 1.06 bits per heavy atom. The number of nitrogens with zero attached hydrogens (tertiary/aromatic N) is 1. The van der Waals surface area contributed by atoms with Crippen LogP contribution in [-0.4, -0.2) is 36.4 Å². The van der Waals surface area contributed by atoms with Crippen LogP contribution in [0, 0.1) is 0 Å². The average molecular weight is 481 g/mol. The zero-order valence-corrected chi connectivity index (χ0v) is 20.9. The van der Waals surface area contributed by atoms with Crippen LogP contribution in [0.3, 0.4) is 0 Å². The number of hydrogen-bond donors (Lipinski definition) is 5. The molecule has 2 unspecified atom stereocenters. The second kappa shape index (κ2) is 17.6. The van der Waals surface area contributed by atoms with E-state index in [1.54, 1.807) is 37.3 Å². The molecule has 8 N–H and O–H groups in total. The van der Waals surface area contributed by atoms with Crippen LogP contribution >= 0.6 is 0 Å². The lowest BCUT2D eigenvalue weighted by atomic mass is 10.0.